The molecule has 33 heavy (non-hydrogen) atoms. The van der Waals surface area contributed by atoms with Crippen LogP contribution in [0.15, 0.2) is 48.5 Å². The molecule has 2 aliphatic rings. The van der Waals surface area contributed by atoms with Gasteiger partial charge in [0.2, 0.25) is 0 Å². The topological polar surface area (TPSA) is 159 Å². The lowest BCUT2D eigenvalue weighted by molar-refractivity contribution is 0.102. The lowest BCUT2D eigenvalue weighted by Crippen LogP contribution is -2.18. The van der Waals surface area contributed by atoms with E-state index in [2.05, 4.69) is 18.6 Å². The number of benzene rings is 2. The first kappa shape index (κ1) is 25.9. The molecule has 0 aromatic heterocycles. The average Bonchev–Trinajstić information content (AvgIpc) is 3.65. The summed E-state index contributed by atoms with van der Waals surface area (Å²) in [6.07, 6.45) is -2.37. The summed E-state index contributed by atoms with van der Waals surface area (Å²) >= 11 is 0. The van der Waals surface area contributed by atoms with E-state index in [0.29, 0.717) is 18.0 Å². The molecule has 0 radical (unpaired) electrons. The molecular formula is C23H28O10. The van der Waals surface area contributed by atoms with Crippen LogP contribution in [0.5, 0.6) is 11.5 Å². The first-order valence-corrected chi connectivity index (χ1v) is 10.1. The van der Waals surface area contributed by atoms with Crippen LogP contribution in [-0.4, -0.2) is 71.4 Å². The molecule has 2 aromatic rings. The Labute approximate surface area is 190 Å². The van der Waals surface area contributed by atoms with Gasteiger partial charge in [-0.15, -0.1) is 0 Å². The minimum Gasteiger partial charge on any atom is -0.508 e. The Balaban J connectivity index is 0.000000242. The summed E-state index contributed by atoms with van der Waals surface area (Å²) in [6, 6.07) is 14.0. The minimum atomic E-state index is -1.83. The highest BCUT2D eigenvalue weighted by atomic mass is 16.7. The summed E-state index contributed by atoms with van der Waals surface area (Å²) in [5.41, 5.74) is 1.83. The molecule has 180 valence electrons. The monoisotopic (exact) mass is 464 g/mol. The normalized spacial score (nSPS) is 18.0. The van der Waals surface area contributed by atoms with Gasteiger partial charge in [0.15, 0.2) is 0 Å². The summed E-state index contributed by atoms with van der Waals surface area (Å²) in [7, 11) is 0. The molecule has 4 rings (SSSR count). The van der Waals surface area contributed by atoms with Crippen LogP contribution in [0.3, 0.4) is 0 Å². The predicted molar refractivity (Wildman–Crippen MR) is 116 cm³/mol. The van der Waals surface area contributed by atoms with Crippen molar-refractivity contribution in [3.05, 3.63) is 59.7 Å². The van der Waals surface area contributed by atoms with Crippen LogP contribution in [0.4, 0.5) is 9.59 Å². The van der Waals surface area contributed by atoms with Crippen LogP contribution in [0.2, 0.25) is 0 Å². The van der Waals surface area contributed by atoms with Gasteiger partial charge < -0.3 is 39.4 Å². The first-order valence-electron chi connectivity index (χ1n) is 10.1. The molecule has 0 aliphatic carbocycles. The van der Waals surface area contributed by atoms with Crippen molar-refractivity contribution >= 4 is 12.3 Å². The highest BCUT2D eigenvalue weighted by Gasteiger charge is 2.26. The zero-order valence-electron chi connectivity index (χ0n) is 18.3. The van der Waals surface area contributed by atoms with Gasteiger partial charge >= 0.3 is 12.3 Å². The fourth-order valence-corrected chi connectivity index (χ4v) is 2.74. The highest BCUT2D eigenvalue weighted by Crippen LogP contribution is 2.33. The van der Waals surface area contributed by atoms with Gasteiger partial charge in [0, 0.05) is 5.41 Å². The molecule has 4 N–H and O–H groups in total. The molecule has 2 aliphatic heterocycles. The number of phenols is 1. The van der Waals surface area contributed by atoms with Crippen LogP contribution in [0.1, 0.15) is 25.0 Å². The van der Waals surface area contributed by atoms with Crippen molar-refractivity contribution in [3.8, 4) is 11.5 Å². The molecule has 2 saturated heterocycles. The van der Waals surface area contributed by atoms with E-state index in [1.165, 1.54) is 0 Å². The van der Waals surface area contributed by atoms with Gasteiger partial charge in [-0.2, -0.15) is 0 Å². The first-order chi connectivity index (χ1) is 15.6. The van der Waals surface area contributed by atoms with Crippen molar-refractivity contribution in [2.45, 2.75) is 31.5 Å². The predicted octanol–water partition coefficient (Wildman–Crippen LogP) is 3.80. The summed E-state index contributed by atoms with van der Waals surface area (Å²) < 4.78 is 19.7. The van der Waals surface area contributed by atoms with E-state index in [-0.39, 0.29) is 11.2 Å². The Hall–Kier alpha value is -3.34. The van der Waals surface area contributed by atoms with Gasteiger partial charge in [0.25, 0.3) is 0 Å². The van der Waals surface area contributed by atoms with Gasteiger partial charge in [0.05, 0.1) is 26.4 Å². The minimum absolute atomic E-state index is 0.231. The van der Waals surface area contributed by atoms with Crippen LogP contribution in [0.25, 0.3) is 0 Å². The molecule has 0 amide bonds. The SMILES string of the molecule is C(OCC1CO1)C1CO1.CC(C)(c1ccc(O)cc1)c1ccc(OC(=O)O)cc1.O=C(O)O. The fraction of sp³-hybridized carbons (Fsp3) is 0.391. The van der Waals surface area contributed by atoms with E-state index in [9.17, 15) is 9.90 Å². The van der Waals surface area contributed by atoms with Crippen LogP contribution in [-0.2, 0) is 19.6 Å². The Bertz CT molecular complexity index is 868. The smallest absolute Gasteiger partial charge is 0.508 e. The number of epoxide rings is 2. The summed E-state index contributed by atoms with van der Waals surface area (Å²) in [5, 5.41) is 31.8. The number of hydrogen-bond donors (Lipinski definition) is 4. The van der Waals surface area contributed by atoms with Crippen molar-refractivity contribution < 1.29 is 49.0 Å². The number of aromatic hydroxyl groups is 1. The Kier molecular flexibility index (Phi) is 9.46. The van der Waals surface area contributed by atoms with Gasteiger partial charge in [-0.05, 0) is 35.4 Å². The molecule has 2 unspecified atom stereocenters. The average molecular weight is 464 g/mol. The molecule has 10 heteroatoms. The third-order valence-corrected chi connectivity index (χ3v) is 4.78. The molecule has 0 saturated carbocycles. The zero-order valence-corrected chi connectivity index (χ0v) is 18.3. The molecule has 0 spiro atoms. The number of hydrogen-bond acceptors (Lipinski definition) is 7. The fourth-order valence-electron chi connectivity index (χ4n) is 2.74. The lowest BCUT2D eigenvalue weighted by Gasteiger charge is -2.26. The molecule has 2 fully saturated rings. The lowest BCUT2D eigenvalue weighted by atomic mass is 9.78. The van der Waals surface area contributed by atoms with E-state index in [0.717, 1.165) is 37.6 Å². The molecular weight excluding hydrogens is 436 g/mol. The van der Waals surface area contributed by atoms with E-state index < -0.39 is 12.3 Å². The Morgan fingerprint density at radius 2 is 1.27 bits per heavy atom. The third kappa shape index (κ3) is 10.2. The van der Waals surface area contributed by atoms with E-state index >= 15 is 0 Å². The van der Waals surface area contributed by atoms with Crippen molar-refractivity contribution in [2.75, 3.05) is 26.4 Å². The van der Waals surface area contributed by atoms with Crippen molar-refractivity contribution in [1.82, 2.24) is 0 Å². The van der Waals surface area contributed by atoms with Crippen molar-refractivity contribution in [1.29, 1.82) is 0 Å². The molecule has 0 bridgehead atoms. The second kappa shape index (κ2) is 12.0. The van der Waals surface area contributed by atoms with Crippen LogP contribution >= 0.6 is 0 Å². The second-order valence-corrected chi connectivity index (χ2v) is 7.79. The number of carboxylic acid groups (broad SMARTS) is 3. The number of carbonyl (C=O) groups is 2. The number of ether oxygens (including phenoxy) is 4. The van der Waals surface area contributed by atoms with Crippen LogP contribution < -0.4 is 4.74 Å². The maximum absolute atomic E-state index is 10.5. The summed E-state index contributed by atoms with van der Waals surface area (Å²) in [4.78, 5) is 19.0. The summed E-state index contributed by atoms with van der Waals surface area (Å²) in [6.45, 7) is 7.38. The zero-order chi connectivity index (χ0) is 24.4. The Morgan fingerprint density at radius 1 is 0.879 bits per heavy atom. The van der Waals surface area contributed by atoms with Gasteiger partial charge in [-0.25, -0.2) is 9.59 Å². The largest absolute Gasteiger partial charge is 0.511 e. The van der Waals surface area contributed by atoms with Crippen molar-refractivity contribution in [2.24, 2.45) is 0 Å². The third-order valence-electron chi connectivity index (χ3n) is 4.78. The molecule has 10 nitrogen and oxygen atoms in total. The van der Waals surface area contributed by atoms with Crippen molar-refractivity contribution in [3.63, 3.8) is 0 Å². The number of phenolic OH excluding ortho intramolecular Hbond substituents is 1. The van der Waals surface area contributed by atoms with Gasteiger partial charge in [-0.3, -0.25) is 0 Å². The maximum atomic E-state index is 10.5. The van der Waals surface area contributed by atoms with E-state index in [1.54, 1.807) is 24.3 Å². The van der Waals surface area contributed by atoms with Gasteiger partial charge in [0.1, 0.15) is 23.7 Å². The highest BCUT2D eigenvalue weighted by molar-refractivity contribution is 5.61. The molecule has 2 heterocycles. The second-order valence-electron chi connectivity index (χ2n) is 7.79. The van der Waals surface area contributed by atoms with E-state index in [1.807, 2.05) is 24.3 Å². The maximum Gasteiger partial charge on any atom is 0.511 e. The molecule has 2 atom stereocenters. The molecule has 2 aromatic carbocycles. The van der Waals surface area contributed by atoms with Crippen LogP contribution in [0, 0.1) is 0 Å². The van der Waals surface area contributed by atoms with E-state index in [4.69, 9.17) is 34.3 Å². The Morgan fingerprint density at radius 3 is 1.64 bits per heavy atom. The quantitative estimate of drug-likeness (QED) is 0.270. The number of rotatable bonds is 7. The summed E-state index contributed by atoms with van der Waals surface area (Å²) in [5.74, 6) is 0.525. The standard InChI is InChI=1S/C16H16O4.C6H10O3.CH2O3/c1-16(2,11-3-7-13(17)8-4-11)12-5-9-14(10-6-12)20-15(18)19;1(5-3-8-5)7-2-6-4-9-6;2-1(3)4/h3-10,17H,1-2H3,(H,18,19);5-6H,1-4H2;(H2,2,3,4). The van der Waals surface area contributed by atoms with Gasteiger partial charge in [-0.1, -0.05) is 38.1 Å².